The summed E-state index contributed by atoms with van der Waals surface area (Å²) in [6.07, 6.45) is 1.61. The minimum Gasteiger partial charge on any atom is -0.375 e. The van der Waals surface area contributed by atoms with Gasteiger partial charge in [-0.3, -0.25) is 53.3 Å². The zero-order valence-electron chi connectivity index (χ0n) is 53.2. The minimum absolute atomic E-state index is 0.0468. The molecule has 10 atom stereocenters. The van der Waals surface area contributed by atoms with Crippen molar-refractivity contribution in [2.24, 2.45) is 41.4 Å². The number of likely N-dealkylation sites (N-methyl/N-ethyl adjacent to an activating group) is 6. The summed E-state index contributed by atoms with van der Waals surface area (Å²) in [4.78, 5) is 160. The smallest absolute Gasteiger partial charge is 0.321 e. The van der Waals surface area contributed by atoms with Gasteiger partial charge >= 0.3 is 6.03 Å². The highest BCUT2D eigenvalue weighted by Gasteiger charge is 2.46. The second-order valence-corrected chi connectivity index (χ2v) is 24.7. The van der Waals surface area contributed by atoms with Crippen LogP contribution in [0.5, 0.6) is 0 Å². The van der Waals surface area contributed by atoms with Crippen molar-refractivity contribution < 1.29 is 57.5 Å². The monoisotopic (exact) mass is 1150 g/mol. The van der Waals surface area contributed by atoms with Gasteiger partial charge in [0, 0.05) is 62.4 Å². The largest absolute Gasteiger partial charge is 0.375 e. The molecule has 12 amide bonds. The normalized spacial score (nSPS) is 17.3. The van der Waals surface area contributed by atoms with Gasteiger partial charge in [-0.15, -0.1) is 0 Å². The first-order chi connectivity index (χ1) is 37.5. The molecule has 1 aliphatic heterocycles. The molecule has 1 rings (SSSR count). The Morgan fingerprint density at radius 2 is 1.04 bits per heavy atom. The lowest BCUT2D eigenvalue weighted by molar-refractivity contribution is -0.156. The molecule has 0 aromatic rings. The zero-order valence-corrected chi connectivity index (χ0v) is 53.2. The Labute approximate surface area is 484 Å². The van der Waals surface area contributed by atoms with E-state index in [0.29, 0.717) is 25.9 Å². The van der Waals surface area contributed by atoms with Gasteiger partial charge in [0.2, 0.25) is 59.1 Å². The molecule has 0 unspecified atom stereocenters. The van der Waals surface area contributed by atoms with Crippen LogP contribution in [0, 0.1) is 41.4 Å². The van der Waals surface area contributed by atoms with Crippen molar-refractivity contribution >= 4 is 65.1 Å². The van der Waals surface area contributed by atoms with E-state index < -0.39 is 132 Å². The van der Waals surface area contributed by atoms with Gasteiger partial charge in [0.15, 0.2) is 0 Å². The van der Waals surface area contributed by atoms with E-state index in [4.69, 9.17) is 4.74 Å². The Morgan fingerprint density at radius 1 is 0.531 bits per heavy atom. The van der Waals surface area contributed by atoms with Crippen LogP contribution in [0.2, 0.25) is 0 Å². The number of nitrogens with one attached hydrogen (secondary N) is 5. The molecule has 0 radical (unpaired) electrons. The molecule has 1 saturated heterocycles. The van der Waals surface area contributed by atoms with Crippen LogP contribution in [-0.2, 0) is 52.7 Å². The molecule has 0 saturated carbocycles. The Balaban J connectivity index is 3.48. The molecule has 0 aromatic heterocycles. The summed E-state index contributed by atoms with van der Waals surface area (Å²) < 4.78 is 6.13. The maximum absolute atomic E-state index is 14.9. The SMILES string of the molecule is CC[C@H](NC(=O)[C@H]([C@@H]1OCC[C@H]1C)N(C)C(=O)[C@H](C(C)C)N(C)C(=O)[C@H](CC(C)C)N(C)C(=O)CCC(C)C)C(=O)N(C)CC(=O)N(C)[C@@H](CC(C)C)C(=O)N[C@H](C(=O)N(C)[C@@H](CC(C)C)C(=O)N[C@@H](C)C(=O)NC(=O)NC)C(C)C. The predicted molar refractivity (Wildman–Crippen MR) is 310 cm³/mol. The first kappa shape index (κ1) is 73.1. The third-order valence-electron chi connectivity index (χ3n) is 15.1. The van der Waals surface area contributed by atoms with E-state index in [2.05, 4.69) is 26.6 Å². The number of carbonyl (C=O) groups is 11. The molecule has 1 heterocycles. The van der Waals surface area contributed by atoms with Crippen LogP contribution in [0.3, 0.4) is 0 Å². The van der Waals surface area contributed by atoms with Gasteiger partial charge in [-0.2, -0.15) is 0 Å². The first-order valence-corrected chi connectivity index (χ1v) is 29.1. The number of hydrogen-bond acceptors (Lipinski definition) is 12. The maximum atomic E-state index is 14.9. The molecule has 23 heteroatoms. The fraction of sp³-hybridized carbons (Fsp3) is 0.810. The highest BCUT2D eigenvalue weighted by Crippen LogP contribution is 2.28. The van der Waals surface area contributed by atoms with Gasteiger partial charge < -0.3 is 55.4 Å². The number of carbonyl (C=O) groups excluding carboxylic acids is 11. The van der Waals surface area contributed by atoms with E-state index >= 15 is 0 Å². The first-order valence-electron chi connectivity index (χ1n) is 29.1. The molecule has 0 aromatic carbocycles. The van der Waals surface area contributed by atoms with Gasteiger partial charge in [-0.25, -0.2) is 4.79 Å². The Bertz CT molecular complexity index is 2150. The van der Waals surface area contributed by atoms with Gasteiger partial charge in [0.1, 0.15) is 48.3 Å². The number of amides is 12. The summed E-state index contributed by atoms with van der Waals surface area (Å²) in [6.45, 7) is 27.3. The third kappa shape index (κ3) is 21.8. The van der Waals surface area contributed by atoms with Crippen molar-refractivity contribution in [3.05, 3.63) is 0 Å². The van der Waals surface area contributed by atoms with Gasteiger partial charge in [-0.1, -0.05) is 96.9 Å². The fourth-order valence-corrected chi connectivity index (χ4v) is 9.91. The molecule has 5 N–H and O–H groups in total. The van der Waals surface area contributed by atoms with Crippen molar-refractivity contribution in [3.8, 4) is 0 Å². The molecule has 0 bridgehead atoms. The van der Waals surface area contributed by atoms with Crippen molar-refractivity contribution in [1.82, 2.24) is 56.0 Å². The van der Waals surface area contributed by atoms with E-state index in [1.165, 1.54) is 66.7 Å². The topological polar surface area (TPSA) is 277 Å². The van der Waals surface area contributed by atoms with E-state index in [9.17, 15) is 52.7 Å². The lowest BCUT2D eigenvalue weighted by Gasteiger charge is -2.40. The quantitative estimate of drug-likeness (QED) is 0.0670. The fourth-order valence-electron chi connectivity index (χ4n) is 9.91. The van der Waals surface area contributed by atoms with Crippen LogP contribution in [0.1, 0.15) is 149 Å². The number of hydrogen-bond donors (Lipinski definition) is 5. The average molecular weight is 1150 g/mol. The van der Waals surface area contributed by atoms with E-state index in [-0.39, 0.29) is 61.2 Å². The molecule has 23 nitrogen and oxygen atoms in total. The second-order valence-electron chi connectivity index (χ2n) is 24.7. The van der Waals surface area contributed by atoms with Crippen LogP contribution in [0.25, 0.3) is 0 Å². The summed E-state index contributed by atoms with van der Waals surface area (Å²) >= 11 is 0. The standard InChI is InChI=1S/C58H105N11O12/c1-23-40(61-53(75)48(49-38(14)26-27-81-49)69(22)57(79)47(37(12)13)68(21)55(77)43(30-35(8)9)66(19)44(70)25-24-32(2)3)54(76)64(17)31-45(71)65(18)41(28-33(4)5)52(74)62-46(36(10)11)56(78)67(20)42(29-34(6)7)51(73)60-39(15)50(72)63-58(80)59-16/h32-43,46-49H,23-31H2,1-22H3,(H,60,73)(H,61,75)(H,62,74)(H2,59,63,72,80)/t38-,39+,40+,41+,42+,43+,46+,47+,48+,49-/m1/s1. The highest BCUT2D eigenvalue weighted by molar-refractivity contribution is 6.00. The maximum Gasteiger partial charge on any atom is 0.321 e. The Hall–Kier alpha value is -5.87. The molecule has 0 spiro atoms. The molecular weight excluding hydrogens is 1040 g/mol. The average Bonchev–Trinajstić information content (AvgIpc) is 3.97. The molecule has 81 heavy (non-hydrogen) atoms. The predicted octanol–water partition coefficient (Wildman–Crippen LogP) is 3.23. The van der Waals surface area contributed by atoms with Crippen LogP contribution < -0.4 is 26.6 Å². The molecule has 464 valence electrons. The molecular formula is C58H105N11O12. The van der Waals surface area contributed by atoms with Gasteiger partial charge in [-0.05, 0) is 86.9 Å². The van der Waals surface area contributed by atoms with E-state index in [1.54, 1.807) is 48.7 Å². The summed E-state index contributed by atoms with van der Waals surface area (Å²) in [5.74, 6) is -6.59. The van der Waals surface area contributed by atoms with Crippen molar-refractivity contribution in [3.63, 3.8) is 0 Å². The minimum atomic E-state index is -1.24. The summed E-state index contributed by atoms with van der Waals surface area (Å²) in [6, 6.07) is -9.50. The van der Waals surface area contributed by atoms with E-state index in [0.717, 1.165) is 4.90 Å². The second kappa shape index (κ2) is 33.9. The molecule has 1 fully saturated rings. The van der Waals surface area contributed by atoms with Crippen LogP contribution in [-0.4, -0.2) is 211 Å². The van der Waals surface area contributed by atoms with Crippen LogP contribution in [0.4, 0.5) is 4.79 Å². The van der Waals surface area contributed by atoms with Crippen molar-refractivity contribution in [1.29, 1.82) is 0 Å². The van der Waals surface area contributed by atoms with Gasteiger partial charge in [0.25, 0.3) is 0 Å². The highest BCUT2D eigenvalue weighted by atomic mass is 16.5. The van der Waals surface area contributed by atoms with E-state index in [1.807, 2.05) is 62.3 Å². The molecule has 0 aliphatic carbocycles. The zero-order chi connectivity index (χ0) is 62.7. The number of urea groups is 1. The number of ether oxygens (including phenoxy) is 1. The lowest BCUT2D eigenvalue weighted by Crippen LogP contribution is -2.63. The van der Waals surface area contributed by atoms with Crippen molar-refractivity contribution in [2.45, 2.75) is 203 Å². The lowest BCUT2D eigenvalue weighted by atomic mass is 9.93. The third-order valence-corrected chi connectivity index (χ3v) is 15.1. The van der Waals surface area contributed by atoms with Gasteiger partial charge in [0.05, 0.1) is 12.6 Å². The Kier molecular flexibility index (Phi) is 30.6. The van der Waals surface area contributed by atoms with Crippen LogP contribution >= 0.6 is 0 Å². The summed E-state index contributed by atoms with van der Waals surface area (Å²) in [5, 5.41) is 12.6. The molecule has 1 aliphatic rings. The number of nitrogens with zero attached hydrogens (tertiary/aromatic N) is 6. The van der Waals surface area contributed by atoms with Crippen LogP contribution in [0.15, 0.2) is 0 Å². The number of rotatable bonds is 31. The summed E-state index contributed by atoms with van der Waals surface area (Å²) in [5.41, 5.74) is 0. The summed E-state index contributed by atoms with van der Waals surface area (Å²) in [7, 11) is 10.3. The van der Waals surface area contributed by atoms with Crippen molar-refractivity contribution in [2.75, 3.05) is 62.5 Å². The Morgan fingerprint density at radius 3 is 1.49 bits per heavy atom. The number of imide groups is 1.